The highest BCUT2D eigenvalue weighted by Crippen LogP contribution is 2.30. The van der Waals surface area contributed by atoms with Crippen molar-refractivity contribution in [3.63, 3.8) is 0 Å². The molecule has 0 bridgehead atoms. The van der Waals surface area contributed by atoms with Crippen molar-refractivity contribution in [3.05, 3.63) is 54.2 Å². The highest BCUT2D eigenvalue weighted by atomic mass is 16.5. The van der Waals surface area contributed by atoms with E-state index < -0.39 is 0 Å². The third kappa shape index (κ3) is 3.87. The molecule has 7 heteroatoms. The first-order valence-electron chi connectivity index (χ1n) is 8.27. The zero-order valence-corrected chi connectivity index (χ0v) is 15.6. The van der Waals surface area contributed by atoms with E-state index in [1.165, 1.54) is 7.11 Å². The average Bonchev–Trinajstić information content (AvgIpc) is 3.10. The summed E-state index contributed by atoms with van der Waals surface area (Å²) in [6, 6.07) is 14.5. The van der Waals surface area contributed by atoms with Crippen LogP contribution < -0.4 is 19.5 Å². The summed E-state index contributed by atoms with van der Waals surface area (Å²) in [6.45, 7) is 0. The molecule has 1 N–H and O–H groups in total. The number of rotatable bonds is 6. The summed E-state index contributed by atoms with van der Waals surface area (Å²) in [5.41, 5.74) is 2.55. The number of carbonyl (C=O) groups excluding carboxylic acids is 1. The van der Waals surface area contributed by atoms with Gasteiger partial charge in [0, 0.05) is 18.7 Å². The second-order valence-corrected chi connectivity index (χ2v) is 5.79. The number of ether oxygens (including phenoxy) is 3. The van der Waals surface area contributed by atoms with Crippen molar-refractivity contribution < 1.29 is 19.0 Å². The molecule has 0 aliphatic rings. The molecule has 0 aliphatic heterocycles. The van der Waals surface area contributed by atoms with Gasteiger partial charge in [0.15, 0.2) is 5.69 Å². The number of aryl methyl sites for hydroxylation is 1. The van der Waals surface area contributed by atoms with Crippen LogP contribution in [0.2, 0.25) is 0 Å². The fourth-order valence-corrected chi connectivity index (χ4v) is 2.72. The third-order valence-electron chi connectivity index (χ3n) is 4.13. The first-order valence-corrected chi connectivity index (χ1v) is 8.27. The van der Waals surface area contributed by atoms with Crippen LogP contribution in [-0.2, 0) is 7.05 Å². The molecule has 7 nitrogen and oxygen atoms in total. The number of nitrogens with zero attached hydrogens (tertiary/aromatic N) is 2. The lowest BCUT2D eigenvalue weighted by atomic mass is 10.1. The number of anilines is 1. The van der Waals surface area contributed by atoms with Crippen molar-refractivity contribution in [1.82, 2.24) is 9.78 Å². The molecule has 0 radical (unpaired) electrons. The zero-order chi connectivity index (χ0) is 19.4. The second-order valence-electron chi connectivity index (χ2n) is 5.79. The van der Waals surface area contributed by atoms with Crippen LogP contribution in [0.5, 0.6) is 17.2 Å². The molecule has 1 heterocycles. The van der Waals surface area contributed by atoms with E-state index in [9.17, 15) is 4.79 Å². The fourth-order valence-electron chi connectivity index (χ4n) is 2.72. The normalized spacial score (nSPS) is 10.4. The van der Waals surface area contributed by atoms with E-state index in [0.29, 0.717) is 22.9 Å². The summed E-state index contributed by atoms with van der Waals surface area (Å²) < 4.78 is 17.4. The monoisotopic (exact) mass is 367 g/mol. The van der Waals surface area contributed by atoms with Gasteiger partial charge < -0.3 is 19.5 Å². The fraction of sp³-hybridized carbons (Fsp3) is 0.200. The average molecular weight is 367 g/mol. The topological polar surface area (TPSA) is 74.6 Å². The third-order valence-corrected chi connectivity index (χ3v) is 4.13. The number of carbonyl (C=O) groups is 1. The standard InChI is InChI=1S/C20H21N3O4/c1-23-18(13-6-5-7-14(10-13)25-2)12-17(22-23)20(24)21-16-9-8-15(26-3)11-19(16)27-4/h5-12H,1-4H3,(H,21,24). The van der Waals surface area contributed by atoms with E-state index in [0.717, 1.165) is 17.0 Å². The maximum absolute atomic E-state index is 12.7. The van der Waals surface area contributed by atoms with E-state index in [1.54, 1.807) is 50.2 Å². The Labute approximate surface area is 157 Å². The summed E-state index contributed by atoms with van der Waals surface area (Å²) in [6.07, 6.45) is 0. The molecule has 1 aromatic heterocycles. The van der Waals surface area contributed by atoms with Crippen LogP contribution in [0.25, 0.3) is 11.3 Å². The van der Waals surface area contributed by atoms with Crippen LogP contribution in [0.15, 0.2) is 48.5 Å². The van der Waals surface area contributed by atoms with Crippen molar-refractivity contribution >= 4 is 11.6 Å². The van der Waals surface area contributed by atoms with Gasteiger partial charge in [0.1, 0.15) is 17.2 Å². The lowest BCUT2D eigenvalue weighted by Gasteiger charge is -2.10. The van der Waals surface area contributed by atoms with Crippen LogP contribution in [0.1, 0.15) is 10.5 Å². The molecule has 3 rings (SSSR count). The Morgan fingerprint density at radius 2 is 1.70 bits per heavy atom. The maximum Gasteiger partial charge on any atom is 0.276 e. The lowest BCUT2D eigenvalue weighted by molar-refractivity contribution is 0.102. The molecule has 2 aromatic carbocycles. The van der Waals surface area contributed by atoms with Gasteiger partial charge in [-0.15, -0.1) is 0 Å². The molecule has 140 valence electrons. The highest BCUT2D eigenvalue weighted by Gasteiger charge is 2.16. The SMILES string of the molecule is COc1cccc(-c2cc(C(=O)Nc3ccc(OC)cc3OC)nn2C)c1. The number of hydrogen-bond acceptors (Lipinski definition) is 5. The van der Waals surface area contributed by atoms with Crippen LogP contribution in [0, 0.1) is 0 Å². The lowest BCUT2D eigenvalue weighted by Crippen LogP contribution is -2.13. The Hall–Kier alpha value is -3.48. The van der Waals surface area contributed by atoms with Gasteiger partial charge in [0.25, 0.3) is 5.91 Å². The van der Waals surface area contributed by atoms with Gasteiger partial charge in [-0.25, -0.2) is 0 Å². The van der Waals surface area contributed by atoms with E-state index in [2.05, 4.69) is 10.4 Å². The molecular formula is C20H21N3O4. The molecule has 0 saturated carbocycles. The highest BCUT2D eigenvalue weighted by molar-refractivity contribution is 6.04. The number of amides is 1. The van der Waals surface area contributed by atoms with Crippen molar-refractivity contribution in [2.24, 2.45) is 7.05 Å². The Morgan fingerprint density at radius 1 is 0.963 bits per heavy atom. The van der Waals surface area contributed by atoms with Crippen LogP contribution in [0.4, 0.5) is 5.69 Å². The van der Waals surface area contributed by atoms with Crippen molar-refractivity contribution in [2.45, 2.75) is 0 Å². The van der Waals surface area contributed by atoms with Crippen molar-refractivity contribution in [3.8, 4) is 28.5 Å². The Bertz CT molecular complexity index is 966. The molecule has 0 spiro atoms. The number of nitrogens with one attached hydrogen (secondary N) is 1. The second kappa shape index (κ2) is 7.82. The van der Waals surface area contributed by atoms with Crippen molar-refractivity contribution in [1.29, 1.82) is 0 Å². The minimum atomic E-state index is -0.330. The Kier molecular flexibility index (Phi) is 5.30. The van der Waals surface area contributed by atoms with E-state index >= 15 is 0 Å². The molecule has 0 fully saturated rings. The Morgan fingerprint density at radius 3 is 2.41 bits per heavy atom. The molecular weight excluding hydrogens is 346 g/mol. The maximum atomic E-state index is 12.7. The van der Waals surface area contributed by atoms with Gasteiger partial charge in [-0.2, -0.15) is 5.10 Å². The number of benzene rings is 2. The van der Waals surface area contributed by atoms with E-state index in [4.69, 9.17) is 14.2 Å². The first kappa shape index (κ1) is 18.3. The molecule has 27 heavy (non-hydrogen) atoms. The van der Waals surface area contributed by atoms with Crippen LogP contribution in [0.3, 0.4) is 0 Å². The van der Waals surface area contributed by atoms with Gasteiger partial charge in [-0.3, -0.25) is 9.48 Å². The largest absolute Gasteiger partial charge is 0.497 e. The predicted octanol–water partition coefficient (Wildman–Crippen LogP) is 3.37. The summed E-state index contributed by atoms with van der Waals surface area (Å²) in [7, 11) is 6.51. The van der Waals surface area contributed by atoms with Gasteiger partial charge in [0.2, 0.25) is 0 Å². The molecule has 1 amide bonds. The van der Waals surface area contributed by atoms with Gasteiger partial charge in [0.05, 0.1) is 32.7 Å². The predicted molar refractivity (Wildman–Crippen MR) is 103 cm³/mol. The smallest absolute Gasteiger partial charge is 0.276 e. The molecule has 0 unspecified atom stereocenters. The summed E-state index contributed by atoms with van der Waals surface area (Å²) in [4.78, 5) is 12.7. The Balaban J connectivity index is 1.86. The van der Waals surface area contributed by atoms with Gasteiger partial charge >= 0.3 is 0 Å². The van der Waals surface area contributed by atoms with Gasteiger partial charge in [-0.05, 0) is 30.3 Å². The molecule has 0 aliphatic carbocycles. The van der Waals surface area contributed by atoms with Crippen LogP contribution in [-0.4, -0.2) is 37.0 Å². The zero-order valence-electron chi connectivity index (χ0n) is 15.6. The number of methoxy groups -OCH3 is 3. The molecule has 0 atom stereocenters. The quantitative estimate of drug-likeness (QED) is 0.723. The minimum absolute atomic E-state index is 0.299. The molecule has 3 aromatic rings. The van der Waals surface area contributed by atoms with Gasteiger partial charge in [-0.1, -0.05) is 12.1 Å². The number of hydrogen-bond donors (Lipinski definition) is 1. The first-order chi connectivity index (χ1) is 13.0. The minimum Gasteiger partial charge on any atom is -0.497 e. The van der Waals surface area contributed by atoms with E-state index in [1.807, 2.05) is 24.3 Å². The van der Waals surface area contributed by atoms with Crippen LogP contribution >= 0.6 is 0 Å². The number of aromatic nitrogens is 2. The van der Waals surface area contributed by atoms with Crippen molar-refractivity contribution in [2.75, 3.05) is 26.6 Å². The summed E-state index contributed by atoms with van der Waals surface area (Å²) >= 11 is 0. The van der Waals surface area contributed by atoms with E-state index in [-0.39, 0.29) is 5.91 Å². The summed E-state index contributed by atoms with van der Waals surface area (Å²) in [5.74, 6) is 1.56. The molecule has 0 saturated heterocycles. The summed E-state index contributed by atoms with van der Waals surface area (Å²) in [5, 5.41) is 7.15.